The Morgan fingerprint density at radius 1 is 1.35 bits per heavy atom. The maximum Gasteiger partial charge on any atom is 0.229 e. The SMILES string of the molecule is CN(C)c1nc(N)nc(CN2CCC(N)C2)n1. The first kappa shape index (κ1) is 12.0. The molecule has 2 rings (SSSR count). The molecular formula is C10H19N7. The molecule has 0 spiro atoms. The fraction of sp³-hybridized carbons (Fsp3) is 0.700. The van der Waals surface area contributed by atoms with Gasteiger partial charge in [0.25, 0.3) is 0 Å². The number of likely N-dealkylation sites (tertiary alicyclic amines) is 1. The van der Waals surface area contributed by atoms with Crippen LogP contribution in [0.3, 0.4) is 0 Å². The number of nitrogens with two attached hydrogens (primary N) is 2. The molecule has 1 unspecified atom stereocenters. The van der Waals surface area contributed by atoms with Gasteiger partial charge in [-0.3, -0.25) is 4.90 Å². The number of nitrogens with zero attached hydrogens (tertiary/aromatic N) is 5. The van der Waals surface area contributed by atoms with Crippen molar-refractivity contribution in [1.82, 2.24) is 19.9 Å². The van der Waals surface area contributed by atoms with Crippen molar-refractivity contribution in [3.8, 4) is 0 Å². The molecule has 17 heavy (non-hydrogen) atoms. The lowest BCUT2D eigenvalue weighted by Crippen LogP contribution is -2.27. The van der Waals surface area contributed by atoms with E-state index < -0.39 is 0 Å². The molecule has 7 heteroatoms. The van der Waals surface area contributed by atoms with Crippen LogP contribution in [-0.4, -0.2) is 53.1 Å². The Hall–Kier alpha value is -1.47. The van der Waals surface area contributed by atoms with Crippen molar-refractivity contribution in [3.63, 3.8) is 0 Å². The third-order valence-corrected chi connectivity index (χ3v) is 2.76. The highest BCUT2D eigenvalue weighted by Gasteiger charge is 2.20. The average molecular weight is 237 g/mol. The lowest BCUT2D eigenvalue weighted by molar-refractivity contribution is 0.318. The number of nitrogen functional groups attached to an aromatic ring is 1. The van der Waals surface area contributed by atoms with Crippen LogP contribution in [0, 0.1) is 0 Å². The first-order chi connectivity index (χ1) is 8.04. The van der Waals surface area contributed by atoms with Gasteiger partial charge < -0.3 is 16.4 Å². The van der Waals surface area contributed by atoms with Gasteiger partial charge in [-0.2, -0.15) is 15.0 Å². The van der Waals surface area contributed by atoms with Crippen LogP contribution in [0.25, 0.3) is 0 Å². The van der Waals surface area contributed by atoms with Gasteiger partial charge in [-0.25, -0.2) is 0 Å². The molecule has 0 amide bonds. The predicted molar refractivity (Wildman–Crippen MR) is 66.4 cm³/mol. The third-order valence-electron chi connectivity index (χ3n) is 2.76. The molecule has 7 nitrogen and oxygen atoms in total. The Morgan fingerprint density at radius 2 is 2.12 bits per heavy atom. The molecule has 0 aliphatic carbocycles. The van der Waals surface area contributed by atoms with Gasteiger partial charge in [-0.05, 0) is 6.42 Å². The van der Waals surface area contributed by atoms with Crippen molar-refractivity contribution < 1.29 is 0 Å². The predicted octanol–water partition coefficient (Wildman–Crippen LogP) is -0.947. The number of rotatable bonds is 3. The molecule has 1 atom stereocenters. The van der Waals surface area contributed by atoms with E-state index in [1.807, 2.05) is 19.0 Å². The van der Waals surface area contributed by atoms with E-state index in [4.69, 9.17) is 11.5 Å². The van der Waals surface area contributed by atoms with E-state index in [1.165, 1.54) is 0 Å². The third kappa shape index (κ3) is 3.01. The second-order valence-corrected chi connectivity index (χ2v) is 4.59. The second-order valence-electron chi connectivity index (χ2n) is 4.59. The summed E-state index contributed by atoms with van der Waals surface area (Å²) in [5, 5.41) is 0. The first-order valence-electron chi connectivity index (χ1n) is 5.70. The van der Waals surface area contributed by atoms with Crippen molar-refractivity contribution in [2.24, 2.45) is 5.73 Å². The van der Waals surface area contributed by atoms with Gasteiger partial charge in [0.15, 0.2) is 0 Å². The van der Waals surface area contributed by atoms with Crippen LogP contribution in [-0.2, 0) is 6.54 Å². The molecule has 2 heterocycles. The maximum atomic E-state index is 5.86. The Bertz CT molecular complexity index is 392. The highest BCUT2D eigenvalue weighted by molar-refractivity contribution is 5.32. The molecule has 1 aromatic rings. The fourth-order valence-corrected chi connectivity index (χ4v) is 1.90. The molecule has 1 saturated heterocycles. The van der Waals surface area contributed by atoms with Crippen molar-refractivity contribution in [2.75, 3.05) is 37.8 Å². The van der Waals surface area contributed by atoms with Gasteiger partial charge >= 0.3 is 0 Å². The number of aromatic nitrogens is 3. The van der Waals surface area contributed by atoms with Gasteiger partial charge in [0.2, 0.25) is 11.9 Å². The van der Waals surface area contributed by atoms with Gasteiger partial charge in [-0.15, -0.1) is 0 Å². The van der Waals surface area contributed by atoms with Crippen molar-refractivity contribution in [2.45, 2.75) is 19.0 Å². The Morgan fingerprint density at radius 3 is 2.71 bits per heavy atom. The summed E-state index contributed by atoms with van der Waals surface area (Å²) in [5.41, 5.74) is 11.5. The van der Waals surface area contributed by atoms with Gasteiger partial charge in [0.1, 0.15) is 5.82 Å². The second kappa shape index (κ2) is 4.80. The average Bonchev–Trinajstić information content (AvgIpc) is 2.63. The molecule has 0 radical (unpaired) electrons. The molecular weight excluding hydrogens is 218 g/mol. The van der Waals surface area contributed by atoms with Crippen LogP contribution in [0.4, 0.5) is 11.9 Å². The number of hydrogen-bond donors (Lipinski definition) is 2. The maximum absolute atomic E-state index is 5.86. The minimum atomic E-state index is 0.266. The van der Waals surface area contributed by atoms with Gasteiger partial charge in [0, 0.05) is 33.2 Å². The van der Waals surface area contributed by atoms with E-state index in [0.717, 1.165) is 19.5 Å². The summed E-state index contributed by atoms with van der Waals surface area (Å²) in [7, 11) is 3.76. The summed E-state index contributed by atoms with van der Waals surface area (Å²) in [6.45, 7) is 2.56. The summed E-state index contributed by atoms with van der Waals surface area (Å²) >= 11 is 0. The molecule has 0 saturated carbocycles. The van der Waals surface area contributed by atoms with E-state index >= 15 is 0 Å². The Balaban J connectivity index is 2.10. The topological polar surface area (TPSA) is 97.2 Å². The van der Waals surface area contributed by atoms with E-state index in [9.17, 15) is 0 Å². The van der Waals surface area contributed by atoms with Crippen LogP contribution < -0.4 is 16.4 Å². The first-order valence-corrected chi connectivity index (χ1v) is 5.70. The fourth-order valence-electron chi connectivity index (χ4n) is 1.90. The standard InChI is InChI=1S/C10H19N7/c1-16(2)10-14-8(13-9(12)15-10)6-17-4-3-7(11)5-17/h7H,3-6,11H2,1-2H3,(H2,12,13,14,15). The highest BCUT2D eigenvalue weighted by atomic mass is 15.3. The smallest absolute Gasteiger partial charge is 0.229 e. The minimum absolute atomic E-state index is 0.266. The zero-order chi connectivity index (χ0) is 12.4. The van der Waals surface area contributed by atoms with Crippen molar-refractivity contribution in [1.29, 1.82) is 0 Å². The highest BCUT2D eigenvalue weighted by Crippen LogP contribution is 2.12. The van der Waals surface area contributed by atoms with Crippen LogP contribution in [0.2, 0.25) is 0 Å². The number of anilines is 2. The summed E-state index contributed by atoms with van der Waals surface area (Å²) in [6.07, 6.45) is 1.03. The van der Waals surface area contributed by atoms with Crippen LogP contribution in [0.1, 0.15) is 12.2 Å². The van der Waals surface area contributed by atoms with Crippen molar-refractivity contribution in [3.05, 3.63) is 5.82 Å². The lowest BCUT2D eigenvalue weighted by atomic mass is 10.3. The molecule has 0 aromatic carbocycles. The lowest BCUT2D eigenvalue weighted by Gasteiger charge is -2.16. The van der Waals surface area contributed by atoms with E-state index in [-0.39, 0.29) is 12.0 Å². The van der Waals surface area contributed by atoms with Gasteiger partial charge in [0.05, 0.1) is 6.54 Å². The summed E-state index contributed by atoms with van der Waals surface area (Å²) < 4.78 is 0. The van der Waals surface area contributed by atoms with E-state index in [0.29, 0.717) is 18.3 Å². The molecule has 1 aromatic heterocycles. The quantitative estimate of drug-likeness (QED) is 0.699. The largest absolute Gasteiger partial charge is 0.368 e. The van der Waals surface area contributed by atoms with Crippen LogP contribution in [0.5, 0.6) is 0 Å². The normalized spacial score (nSPS) is 20.8. The zero-order valence-corrected chi connectivity index (χ0v) is 10.3. The summed E-state index contributed by atoms with van der Waals surface area (Å²) in [4.78, 5) is 16.6. The van der Waals surface area contributed by atoms with Gasteiger partial charge in [-0.1, -0.05) is 0 Å². The van der Waals surface area contributed by atoms with E-state index in [2.05, 4.69) is 19.9 Å². The minimum Gasteiger partial charge on any atom is -0.368 e. The number of hydrogen-bond acceptors (Lipinski definition) is 7. The zero-order valence-electron chi connectivity index (χ0n) is 10.3. The monoisotopic (exact) mass is 237 g/mol. The van der Waals surface area contributed by atoms with Crippen LogP contribution >= 0.6 is 0 Å². The summed E-state index contributed by atoms with van der Waals surface area (Å²) in [5.74, 6) is 1.56. The molecule has 0 bridgehead atoms. The van der Waals surface area contributed by atoms with E-state index in [1.54, 1.807) is 0 Å². The van der Waals surface area contributed by atoms with Crippen molar-refractivity contribution >= 4 is 11.9 Å². The van der Waals surface area contributed by atoms with Crippen LogP contribution in [0.15, 0.2) is 0 Å². The molecule has 94 valence electrons. The molecule has 1 aliphatic rings. The molecule has 1 aliphatic heterocycles. The molecule has 4 N–H and O–H groups in total. The Kier molecular flexibility index (Phi) is 3.39. The Labute approximate surface area is 101 Å². The summed E-state index contributed by atoms with van der Waals surface area (Å²) in [6, 6.07) is 0.266. The molecule has 1 fully saturated rings.